The van der Waals surface area contributed by atoms with Crippen molar-refractivity contribution in [1.29, 1.82) is 0 Å². The molecule has 0 radical (unpaired) electrons. The Hall–Kier alpha value is -1.51. The maximum atomic E-state index is 12.0. The molecule has 80 valence electrons. The Kier molecular flexibility index (Phi) is 2.62. The van der Waals surface area contributed by atoms with E-state index in [-0.39, 0.29) is 12.0 Å². The Balaban J connectivity index is 2.43. The van der Waals surface area contributed by atoms with Gasteiger partial charge in [0.15, 0.2) is 6.10 Å². The van der Waals surface area contributed by atoms with Crippen LogP contribution >= 0.6 is 0 Å². The lowest BCUT2D eigenvalue weighted by Crippen LogP contribution is -2.45. The zero-order valence-electron chi connectivity index (χ0n) is 9.06. The summed E-state index contributed by atoms with van der Waals surface area (Å²) in [5, 5.41) is 0. The van der Waals surface area contributed by atoms with Crippen molar-refractivity contribution in [3.8, 4) is 5.75 Å². The molecule has 3 heteroatoms. The number of rotatable bonds is 2. The molecular weight excluding hydrogens is 190 g/mol. The van der Waals surface area contributed by atoms with Crippen LogP contribution in [-0.4, -0.2) is 18.6 Å². The third-order valence-electron chi connectivity index (χ3n) is 2.65. The lowest BCUT2D eigenvalue weighted by atomic mass is 10.1. The molecule has 0 fully saturated rings. The number of nitrogens with zero attached hydrogens (tertiary/aromatic N) is 1. The van der Waals surface area contributed by atoms with Gasteiger partial charge in [-0.1, -0.05) is 19.1 Å². The van der Waals surface area contributed by atoms with Crippen LogP contribution in [-0.2, 0) is 4.79 Å². The second-order valence-electron chi connectivity index (χ2n) is 3.56. The molecular formula is C12H15NO2. The Morgan fingerprint density at radius 1 is 1.33 bits per heavy atom. The maximum absolute atomic E-state index is 12.0. The molecule has 15 heavy (non-hydrogen) atoms. The van der Waals surface area contributed by atoms with E-state index in [4.69, 9.17) is 4.74 Å². The first-order valence-electron chi connectivity index (χ1n) is 5.35. The van der Waals surface area contributed by atoms with E-state index in [1.54, 1.807) is 4.90 Å². The van der Waals surface area contributed by atoms with Crippen LogP contribution in [0.4, 0.5) is 5.69 Å². The molecule has 1 aromatic carbocycles. The van der Waals surface area contributed by atoms with Gasteiger partial charge in [0, 0.05) is 6.54 Å². The number of ether oxygens (including phenoxy) is 1. The van der Waals surface area contributed by atoms with E-state index in [0.29, 0.717) is 13.0 Å². The molecule has 0 saturated heterocycles. The quantitative estimate of drug-likeness (QED) is 0.740. The van der Waals surface area contributed by atoms with Gasteiger partial charge in [0.05, 0.1) is 5.69 Å². The van der Waals surface area contributed by atoms with Crippen molar-refractivity contribution in [3.05, 3.63) is 24.3 Å². The number of likely N-dealkylation sites (N-methyl/N-ethyl adjacent to an activating group) is 1. The molecule has 0 aromatic heterocycles. The molecule has 1 aliphatic heterocycles. The fraction of sp³-hybridized carbons (Fsp3) is 0.417. The van der Waals surface area contributed by atoms with Crippen molar-refractivity contribution in [2.45, 2.75) is 26.4 Å². The largest absolute Gasteiger partial charge is 0.478 e. The molecule has 0 spiro atoms. The van der Waals surface area contributed by atoms with E-state index in [0.717, 1.165) is 11.4 Å². The molecule has 1 aromatic rings. The van der Waals surface area contributed by atoms with E-state index < -0.39 is 0 Å². The molecule has 0 saturated carbocycles. The van der Waals surface area contributed by atoms with Crippen LogP contribution in [0.5, 0.6) is 5.75 Å². The minimum atomic E-state index is -0.320. The average Bonchev–Trinajstić information content (AvgIpc) is 2.28. The zero-order chi connectivity index (χ0) is 10.8. The summed E-state index contributed by atoms with van der Waals surface area (Å²) in [5.41, 5.74) is 0.884. The van der Waals surface area contributed by atoms with E-state index >= 15 is 0 Å². The monoisotopic (exact) mass is 205 g/mol. The summed E-state index contributed by atoms with van der Waals surface area (Å²) >= 11 is 0. The van der Waals surface area contributed by atoms with Crippen molar-refractivity contribution < 1.29 is 9.53 Å². The van der Waals surface area contributed by atoms with Crippen molar-refractivity contribution in [1.82, 2.24) is 0 Å². The predicted octanol–water partition coefficient (Wildman–Crippen LogP) is 2.21. The second-order valence-corrected chi connectivity index (χ2v) is 3.56. The fourth-order valence-corrected chi connectivity index (χ4v) is 1.86. The summed E-state index contributed by atoms with van der Waals surface area (Å²) < 4.78 is 5.63. The second kappa shape index (κ2) is 3.93. The van der Waals surface area contributed by atoms with E-state index in [2.05, 4.69) is 0 Å². The molecule has 2 rings (SSSR count). The lowest BCUT2D eigenvalue weighted by Gasteiger charge is -2.33. The minimum Gasteiger partial charge on any atom is -0.478 e. The van der Waals surface area contributed by atoms with Gasteiger partial charge in [0.1, 0.15) is 5.75 Å². The van der Waals surface area contributed by atoms with Crippen LogP contribution in [0.25, 0.3) is 0 Å². The minimum absolute atomic E-state index is 0.0682. The first-order valence-corrected chi connectivity index (χ1v) is 5.35. The Morgan fingerprint density at radius 2 is 2.07 bits per heavy atom. The van der Waals surface area contributed by atoms with Crippen molar-refractivity contribution in [2.24, 2.45) is 0 Å². The summed E-state index contributed by atoms with van der Waals surface area (Å²) in [7, 11) is 0. The van der Waals surface area contributed by atoms with E-state index in [1.165, 1.54) is 0 Å². The lowest BCUT2D eigenvalue weighted by molar-refractivity contribution is -0.126. The summed E-state index contributed by atoms with van der Waals surface area (Å²) in [5.74, 6) is 0.879. The van der Waals surface area contributed by atoms with E-state index in [9.17, 15) is 4.79 Å². The van der Waals surface area contributed by atoms with Crippen LogP contribution in [0.3, 0.4) is 0 Å². The highest BCUT2D eigenvalue weighted by atomic mass is 16.5. The molecule has 3 nitrogen and oxygen atoms in total. The Bertz CT molecular complexity index is 376. The van der Waals surface area contributed by atoms with Crippen molar-refractivity contribution in [2.75, 3.05) is 11.4 Å². The molecule has 1 aliphatic rings. The average molecular weight is 205 g/mol. The molecule has 1 atom stereocenters. The molecule has 0 N–H and O–H groups in total. The highest BCUT2D eigenvalue weighted by Crippen LogP contribution is 2.33. The number of carbonyl (C=O) groups excluding carboxylic acids is 1. The van der Waals surface area contributed by atoms with Gasteiger partial charge in [-0.2, -0.15) is 0 Å². The zero-order valence-corrected chi connectivity index (χ0v) is 9.06. The molecule has 1 amide bonds. The molecule has 0 unspecified atom stereocenters. The number of anilines is 1. The van der Waals surface area contributed by atoms with Gasteiger partial charge in [-0.25, -0.2) is 0 Å². The highest BCUT2D eigenvalue weighted by molar-refractivity contribution is 5.99. The van der Waals surface area contributed by atoms with E-state index in [1.807, 2.05) is 38.1 Å². The topological polar surface area (TPSA) is 29.5 Å². The summed E-state index contributed by atoms with van der Waals surface area (Å²) in [6, 6.07) is 7.68. The Morgan fingerprint density at radius 3 is 2.73 bits per heavy atom. The van der Waals surface area contributed by atoms with Crippen LogP contribution in [0.15, 0.2) is 24.3 Å². The van der Waals surface area contributed by atoms with Crippen LogP contribution in [0.1, 0.15) is 20.3 Å². The van der Waals surface area contributed by atoms with Gasteiger partial charge < -0.3 is 9.64 Å². The predicted molar refractivity (Wildman–Crippen MR) is 59.2 cm³/mol. The number of amides is 1. The first-order chi connectivity index (χ1) is 7.27. The highest BCUT2D eigenvalue weighted by Gasteiger charge is 2.31. The smallest absolute Gasteiger partial charge is 0.268 e. The molecule has 0 aliphatic carbocycles. The van der Waals surface area contributed by atoms with Gasteiger partial charge in [-0.3, -0.25) is 4.79 Å². The normalized spacial score (nSPS) is 19.7. The number of hydrogen-bond acceptors (Lipinski definition) is 2. The Labute approximate surface area is 89.7 Å². The van der Waals surface area contributed by atoms with Crippen molar-refractivity contribution >= 4 is 11.6 Å². The SMILES string of the molecule is CC[C@@H]1Oc2ccccc2N(CC)C1=O. The summed E-state index contributed by atoms with van der Waals surface area (Å²) in [4.78, 5) is 13.7. The number of para-hydroxylation sites is 2. The van der Waals surface area contributed by atoms with Crippen LogP contribution in [0.2, 0.25) is 0 Å². The number of fused-ring (bicyclic) bond motifs is 1. The first kappa shape index (κ1) is 10.0. The van der Waals surface area contributed by atoms with Crippen LogP contribution < -0.4 is 9.64 Å². The molecule has 0 bridgehead atoms. The fourth-order valence-electron chi connectivity index (χ4n) is 1.86. The van der Waals surface area contributed by atoms with Gasteiger partial charge >= 0.3 is 0 Å². The standard InChI is InChI=1S/C12H15NO2/c1-3-10-12(14)13(4-2)9-7-5-6-8-11(9)15-10/h5-8,10H,3-4H2,1-2H3/t10-/m0/s1. The number of carbonyl (C=O) groups is 1. The molecule has 1 heterocycles. The number of benzene rings is 1. The summed E-state index contributed by atoms with van der Waals surface area (Å²) in [6.45, 7) is 4.63. The third kappa shape index (κ3) is 1.58. The van der Waals surface area contributed by atoms with Gasteiger partial charge in [0.2, 0.25) is 0 Å². The van der Waals surface area contributed by atoms with Crippen LogP contribution in [0, 0.1) is 0 Å². The maximum Gasteiger partial charge on any atom is 0.268 e. The van der Waals surface area contributed by atoms with Gasteiger partial charge in [-0.05, 0) is 25.5 Å². The van der Waals surface area contributed by atoms with Gasteiger partial charge in [0.25, 0.3) is 5.91 Å². The van der Waals surface area contributed by atoms with Gasteiger partial charge in [-0.15, -0.1) is 0 Å². The third-order valence-corrected chi connectivity index (χ3v) is 2.65. The summed E-state index contributed by atoms with van der Waals surface area (Å²) in [6.07, 6.45) is 0.392. The number of hydrogen-bond donors (Lipinski definition) is 0. The van der Waals surface area contributed by atoms with Crippen molar-refractivity contribution in [3.63, 3.8) is 0 Å².